The Bertz CT molecular complexity index is 556. The Morgan fingerprint density at radius 1 is 1.25 bits per heavy atom. The Balaban J connectivity index is 2.12. The van der Waals surface area contributed by atoms with E-state index in [2.05, 4.69) is 25.9 Å². The third-order valence-electron chi connectivity index (χ3n) is 2.32. The van der Waals surface area contributed by atoms with Gasteiger partial charge in [0.2, 0.25) is 0 Å². The van der Waals surface area contributed by atoms with Crippen LogP contribution in [0.4, 0.5) is 0 Å². The highest BCUT2D eigenvalue weighted by Gasteiger charge is 2.19. The Kier molecular flexibility index (Phi) is 2.96. The van der Waals surface area contributed by atoms with Crippen LogP contribution >= 0.6 is 50.6 Å². The van der Waals surface area contributed by atoms with E-state index in [1.807, 2.05) is 23.9 Å². The van der Waals surface area contributed by atoms with Gasteiger partial charge in [0.15, 0.2) is 5.82 Å². The van der Waals surface area contributed by atoms with Gasteiger partial charge < -0.3 is 0 Å². The lowest BCUT2D eigenvalue weighted by Gasteiger charge is -2.02. The van der Waals surface area contributed by atoms with Crippen LogP contribution in [-0.4, -0.2) is 9.97 Å². The van der Waals surface area contributed by atoms with Gasteiger partial charge >= 0.3 is 0 Å². The topological polar surface area (TPSA) is 25.8 Å². The molecule has 0 aromatic carbocycles. The van der Waals surface area contributed by atoms with E-state index in [4.69, 9.17) is 11.6 Å². The van der Waals surface area contributed by atoms with Crippen LogP contribution < -0.4 is 0 Å². The molecule has 6 heteroatoms. The van der Waals surface area contributed by atoms with Gasteiger partial charge in [0.25, 0.3) is 0 Å². The molecule has 0 atom stereocenters. The van der Waals surface area contributed by atoms with Gasteiger partial charge in [0.1, 0.15) is 5.15 Å². The molecule has 0 radical (unpaired) electrons. The molecule has 0 aliphatic carbocycles. The normalized spacial score (nSPS) is 14.1. The highest BCUT2D eigenvalue weighted by atomic mass is 79.9. The maximum Gasteiger partial charge on any atom is 0.171 e. The Morgan fingerprint density at radius 2 is 2.12 bits per heavy atom. The Hall–Kier alpha value is -0.100. The summed E-state index contributed by atoms with van der Waals surface area (Å²) in [5.74, 6) is 2.61. The lowest BCUT2D eigenvalue weighted by molar-refractivity contribution is 1.08. The first-order valence-electron chi connectivity index (χ1n) is 4.63. The number of nitrogens with zero attached hydrogens (tertiary/aromatic N) is 2. The number of hydrogen-bond acceptors (Lipinski definition) is 4. The van der Waals surface area contributed by atoms with Crippen LogP contribution in [0.15, 0.2) is 15.9 Å². The second-order valence-corrected chi connectivity index (χ2v) is 7.17. The minimum Gasteiger partial charge on any atom is -0.231 e. The van der Waals surface area contributed by atoms with Gasteiger partial charge in [-0.2, -0.15) is 11.8 Å². The highest BCUT2D eigenvalue weighted by molar-refractivity contribution is 9.11. The molecule has 0 saturated heterocycles. The fraction of sp³-hybridized carbons (Fsp3) is 0.200. The lowest BCUT2D eigenvalue weighted by Crippen LogP contribution is -1.96. The number of thiophene rings is 1. The van der Waals surface area contributed by atoms with Gasteiger partial charge in [-0.05, 0) is 28.1 Å². The molecule has 16 heavy (non-hydrogen) atoms. The molecule has 2 aromatic rings. The summed E-state index contributed by atoms with van der Waals surface area (Å²) in [7, 11) is 0. The van der Waals surface area contributed by atoms with E-state index in [1.165, 1.54) is 0 Å². The summed E-state index contributed by atoms with van der Waals surface area (Å²) in [5, 5.41) is 0.606. The van der Waals surface area contributed by atoms with Crippen LogP contribution in [0.1, 0.15) is 11.3 Å². The van der Waals surface area contributed by atoms with E-state index >= 15 is 0 Å². The summed E-state index contributed by atoms with van der Waals surface area (Å²) in [4.78, 5) is 9.98. The second kappa shape index (κ2) is 4.29. The van der Waals surface area contributed by atoms with Crippen molar-refractivity contribution in [2.75, 3.05) is 0 Å². The molecule has 1 aliphatic heterocycles. The zero-order valence-electron chi connectivity index (χ0n) is 8.04. The quantitative estimate of drug-likeness (QED) is 0.725. The number of halogens is 2. The van der Waals surface area contributed by atoms with Gasteiger partial charge in [-0.15, -0.1) is 11.3 Å². The van der Waals surface area contributed by atoms with Crippen LogP contribution in [-0.2, 0) is 11.5 Å². The van der Waals surface area contributed by atoms with Crippen LogP contribution in [0.3, 0.4) is 0 Å². The van der Waals surface area contributed by atoms with Crippen molar-refractivity contribution in [3.8, 4) is 10.7 Å². The van der Waals surface area contributed by atoms with Crippen LogP contribution in [0, 0.1) is 0 Å². The maximum absolute atomic E-state index is 6.16. The van der Waals surface area contributed by atoms with Crippen molar-refractivity contribution in [2.45, 2.75) is 11.5 Å². The first-order chi connectivity index (χ1) is 7.74. The monoisotopic (exact) mass is 332 g/mol. The van der Waals surface area contributed by atoms with Gasteiger partial charge in [-0.3, -0.25) is 0 Å². The molecule has 3 heterocycles. The summed E-state index contributed by atoms with van der Waals surface area (Å²) >= 11 is 13.1. The first kappa shape index (κ1) is 11.0. The van der Waals surface area contributed by atoms with E-state index in [1.54, 1.807) is 11.3 Å². The maximum atomic E-state index is 6.16. The third-order valence-corrected chi connectivity index (χ3v) is 5.22. The average Bonchev–Trinajstić information content (AvgIpc) is 2.85. The van der Waals surface area contributed by atoms with Gasteiger partial charge in [0.05, 0.1) is 14.4 Å². The largest absolute Gasteiger partial charge is 0.231 e. The number of rotatable bonds is 1. The Morgan fingerprint density at radius 3 is 2.88 bits per heavy atom. The van der Waals surface area contributed by atoms with E-state index < -0.39 is 0 Å². The molecule has 2 nitrogen and oxygen atoms in total. The highest BCUT2D eigenvalue weighted by Crippen LogP contribution is 2.36. The molecule has 0 fully saturated rings. The van der Waals surface area contributed by atoms with Crippen molar-refractivity contribution < 1.29 is 0 Å². The van der Waals surface area contributed by atoms with Crippen molar-refractivity contribution in [3.63, 3.8) is 0 Å². The van der Waals surface area contributed by atoms with Crippen molar-refractivity contribution in [1.82, 2.24) is 9.97 Å². The number of fused-ring (bicyclic) bond motifs is 1. The standard InChI is InChI=1S/C10H6BrClN2S2/c11-8-2-1-7(16-8)10-13-6-4-15-3-5(6)9(12)14-10/h1-2H,3-4H2. The molecule has 0 saturated carbocycles. The first-order valence-corrected chi connectivity index (χ1v) is 7.77. The average molecular weight is 334 g/mol. The number of hydrogen-bond donors (Lipinski definition) is 0. The van der Waals surface area contributed by atoms with Crippen molar-refractivity contribution in [3.05, 3.63) is 32.3 Å². The van der Waals surface area contributed by atoms with Crippen molar-refractivity contribution >= 4 is 50.6 Å². The minimum atomic E-state index is 0.606. The molecular weight excluding hydrogens is 328 g/mol. The molecule has 0 bridgehead atoms. The molecule has 2 aromatic heterocycles. The summed E-state index contributed by atoms with van der Waals surface area (Å²) < 4.78 is 1.08. The molecular formula is C10H6BrClN2S2. The number of aromatic nitrogens is 2. The van der Waals surface area contributed by atoms with Crippen molar-refractivity contribution in [2.24, 2.45) is 0 Å². The molecule has 1 aliphatic rings. The predicted octanol–water partition coefficient (Wildman–Crippen LogP) is 4.37. The summed E-state index contributed by atoms with van der Waals surface area (Å²) in [6.45, 7) is 0. The second-order valence-electron chi connectivity index (χ2n) is 3.36. The zero-order valence-corrected chi connectivity index (χ0v) is 12.0. The number of thioether (sulfide) groups is 1. The molecule has 0 spiro atoms. The molecule has 0 amide bonds. The molecule has 0 N–H and O–H groups in total. The predicted molar refractivity (Wildman–Crippen MR) is 73.1 cm³/mol. The summed E-state index contributed by atoms with van der Waals surface area (Å²) in [6.07, 6.45) is 0. The van der Waals surface area contributed by atoms with E-state index in [0.29, 0.717) is 5.15 Å². The minimum absolute atomic E-state index is 0.606. The van der Waals surface area contributed by atoms with E-state index in [0.717, 1.165) is 37.3 Å². The smallest absolute Gasteiger partial charge is 0.171 e. The molecule has 82 valence electrons. The van der Waals surface area contributed by atoms with Gasteiger partial charge in [-0.25, -0.2) is 9.97 Å². The van der Waals surface area contributed by atoms with Crippen LogP contribution in [0.25, 0.3) is 10.7 Å². The van der Waals surface area contributed by atoms with Crippen LogP contribution in [0.5, 0.6) is 0 Å². The molecule has 0 unspecified atom stereocenters. The summed E-state index contributed by atoms with van der Waals surface area (Å²) in [5.41, 5.74) is 2.19. The SMILES string of the molecule is Clc1nc(-c2ccc(Br)s2)nc2c1CSC2. The summed E-state index contributed by atoms with van der Waals surface area (Å²) in [6, 6.07) is 4.01. The zero-order chi connectivity index (χ0) is 11.1. The van der Waals surface area contributed by atoms with Crippen LogP contribution in [0.2, 0.25) is 5.15 Å². The van der Waals surface area contributed by atoms with Crippen molar-refractivity contribution in [1.29, 1.82) is 0 Å². The van der Waals surface area contributed by atoms with Gasteiger partial charge in [-0.1, -0.05) is 11.6 Å². The fourth-order valence-corrected chi connectivity index (χ4v) is 4.25. The van der Waals surface area contributed by atoms with Gasteiger partial charge in [0, 0.05) is 17.1 Å². The lowest BCUT2D eigenvalue weighted by atomic mass is 10.3. The van der Waals surface area contributed by atoms with E-state index in [9.17, 15) is 0 Å². The van der Waals surface area contributed by atoms with E-state index in [-0.39, 0.29) is 0 Å². The fourth-order valence-electron chi connectivity index (χ4n) is 1.56. The Labute approximate surface area is 115 Å². The third kappa shape index (κ3) is 1.90. The molecule has 3 rings (SSSR count).